The van der Waals surface area contributed by atoms with Crippen LogP contribution in [0.5, 0.6) is 0 Å². The van der Waals surface area contributed by atoms with E-state index in [1.54, 1.807) is 12.4 Å². The highest BCUT2D eigenvalue weighted by Gasteiger charge is 1.98. The molecule has 3 N–H and O–H groups in total. The van der Waals surface area contributed by atoms with E-state index in [1.807, 2.05) is 12.4 Å². The number of hydrogen-bond acceptors (Lipinski definition) is 6. The topological polar surface area (TPSA) is 147 Å². The molecule has 2 aromatic heterocycles. The molecule has 0 atom stereocenters. The quantitative estimate of drug-likeness (QED) is 0.573. The van der Waals surface area contributed by atoms with Crippen LogP contribution in [0.25, 0.3) is 0 Å². The third-order valence-corrected chi connectivity index (χ3v) is 1.78. The first-order valence-corrected chi connectivity index (χ1v) is 6.72. The molecule has 9 heteroatoms. The van der Waals surface area contributed by atoms with Crippen LogP contribution in [0.15, 0.2) is 24.8 Å². The van der Waals surface area contributed by atoms with E-state index < -0.39 is 10.2 Å². The van der Waals surface area contributed by atoms with Gasteiger partial charge in [-0.3, -0.25) is 0 Å². The fourth-order valence-electron chi connectivity index (χ4n) is 0.983. The zero-order valence-corrected chi connectivity index (χ0v) is 11.4. The molecule has 0 saturated heterocycles. The van der Waals surface area contributed by atoms with Crippen LogP contribution in [-0.4, -0.2) is 24.6 Å². The molecule has 0 unspecified atom stereocenters. The summed E-state index contributed by atoms with van der Waals surface area (Å²) in [6.45, 7) is 4.14. The van der Waals surface area contributed by atoms with E-state index in [9.17, 15) is 0 Å². The highest BCUT2D eigenvalue weighted by molar-refractivity contribution is 4.85. The second-order valence-corrected chi connectivity index (χ2v) is 3.97. The van der Waals surface area contributed by atoms with Crippen molar-refractivity contribution >= 4 is 0 Å². The van der Waals surface area contributed by atoms with E-state index >= 15 is 0 Å². The normalized spacial score (nSPS) is 10.0. The molecule has 8 nitrogen and oxygen atoms in total. The summed E-state index contributed by atoms with van der Waals surface area (Å²) in [7, 11) is -4.69. The molecule has 0 spiro atoms. The van der Waals surface area contributed by atoms with Gasteiger partial charge in [-0.15, -0.1) is 0 Å². The van der Waals surface area contributed by atoms with Crippen LogP contribution in [-0.2, 0) is 12.8 Å². The van der Waals surface area contributed by atoms with Gasteiger partial charge in [-0.25, -0.2) is 9.97 Å². The van der Waals surface area contributed by atoms with Gasteiger partial charge in [0.15, 0.2) is 0 Å². The average molecular weight is 293 g/mol. The van der Waals surface area contributed by atoms with Crippen molar-refractivity contribution in [2.45, 2.75) is 26.7 Å². The van der Waals surface area contributed by atoms with E-state index in [4.69, 9.17) is 18.6 Å². The molecule has 0 bridgehead atoms. The molecule has 108 valence electrons. The lowest BCUT2D eigenvalue weighted by Gasteiger charge is -2.03. The highest BCUT2D eigenvalue weighted by Crippen LogP contribution is 1.86. The van der Waals surface area contributed by atoms with Gasteiger partial charge in [0.05, 0.1) is 14.9 Å². The molecule has 2 aromatic rings. The minimum absolute atomic E-state index is 0.993. The summed E-state index contributed by atoms with van der Waals surface area (Å²) in [5, 5.41) is 0. The van der Waals surface area contributed by atoms with Crippen molar-refractivity contribution < 1.29 is 28.9 Å². The lowest BCUT2D eigenvalue weighted by atomic mass is 10.5. The summed E-state index contributed by atoms with van der Waals surface area (Å²) >= 11 is 0. The van der Waals surface area contributed by atoms with E-state index in [-0.39, 0.29) is 0 Å². The van der Waals surface area contributed by atoms with Gasteiger partial charge in [0.1, 0.15) is 11.6 Å². The number of aryl methyl sites for hydroxylation is 2. The fourth-order valence-corrected chi connectivity index (χ4v) is 0.983. The zero-order chi connectivity index (χ0) is 14.7. The lowest BCUT2D eigenvalue weighted by Crippen LogP contribution is -2.58. The molecule has 0 aromatic carbocycles. The molecular weight excluding hydrogens is 276 g/mol. The van der Waals surface area contributed by atoms with E-state index in [1.165, 1.54) is 0 Å². The van der Waals surface area contributed by atoms with Crippen LogP contribution >= 0.6 is 0 Å². The summed E-state index contributed by atoms with van der Waals surface area (Å²) in [4.78, 5) is 13.9. The van der Waals surface area contributed by atoms with Gasteiger partial charge >= 0.3 is 0 Å². The van der Waals surface area contributed by atoms with Gasteiger partial charge in [0.2, 0.25) is 0 Å². The number of aromatic nitrogens is 4. The van der Waals surface area contributed by atoms with Crippen LogP contribution in [0.4, 0.5) is 0 Å². The molecule has 0 aliphatic rings. The number of hydrogen-bond donors (Lipinski definition) is 3. The van der Waals surface area contributed by atoms with Gasteiger partial charge in [-0.05, 0) is 0 Å². The van der Waals surface area contributed by atoms with Crippen molar-refractivity contribution in [1.82, 2.24) is 19.9 Å². The maximum absolute atomic E-state index is 8.60. The number of H-pyrrole nitrogens is 2. The summed E-state index contributed by atoms with van der Waals surface area (Å²) < 4.78 is 32.7. The summed E-state index contributed by atoms with van der Waals surface area (Å²) in [6.07, 6.45) is 9.18. The molecular formula is C10H17ClN4O4. The van der Waals surface area contributed by atoms with Gasteiger partial charge in [0.25, 0.3) is 0 Å². The molecule has 2 heterocycles. The SMILES string of the molecule is CCc1ncc[nH]1.CCc1ncc[nH]1.[O-][Cl+3]([O-])([O-])O. The number of halogens is 1. The number of nitrogens with zero attached hydrogens (tertiary/aromatic N) is 2. The third-order valence-electron chi connectivity index (χ3n) is 1.78. The van der Waals surface area contributed by atoms with Crippen LogP contribution in [0.3, 0.4) is 0 Å². The Kier molecular flexibility index (Phi) is 8.75. The van der Waals surface area contributed by atoms with E-state index in [0.717, 1.165) is 24.5 Å². The molecule has 0 radical (unpaired) electrons. The van der Waals surface area contributed by atoms with Gasteiger partial charge < -0.3 is 9.97 Å². The van der Waals surface area contributed by atoms with E-state index in [2.05, 4.69) is 33.8 Å². The van der Waals surface area contributed by atoms with Crippen molar-refractivity contribution in [3.8, 4) is 0 Å². The van der Waals surface area contributed by atoms with Gasteiger partial charge in [-0.2, -0.15) is 14.0 Å². The molecule has 19 heavy (non-hydrogen) atoms. The smallest absolute Gasteiger partial charge is 0.105 e. The Hall–Kier alpha value is -1.45. The standard InChI is InChI=1S/2C5H8N2.ClHO4/c2*1-2-5-6-3-4-7-5;2-1(3,4)5/h2*3-4H,2H2,1H3,(H,6,7);(H,2,3,4,5). The third kappa shape index (κ3) is 12.8. The van der Waals surface area contributed by atoms with Crippen LogP contribution in [0, 0.1) is 10.2 Å². The van der Waals surface area contributed by atoms with Crippen LogP contribution in [0.1, 0.15) is 25.5 Å². The maximum atomic E-state index is 8.60. The Morgan fingerprint density at radius 3 is 1.42 bits per heavy atom. The van der Waals surface area contributed by atoms with E-state index in [0.29, 0.717) is 0 Å². The van der Waals surface area contributed by atoms with Crippen molar-refractivity contribution in [2.75, 3.05) is 0 Å². The van der Waals surface area contributed by atoms with Crippen molar-refractivity contribution in [1.29, 1.82) is 0 Å². The maximum Gasteiger partial charge on any atom is 0.105 e. The van der Waals surface area contributed by atoms with Crippen molar-refractivity contribution in [3.63, 3.8) is 0 Å². The van der Waals surface area contributed by atoms with Crippen molar-refractivity contribution in [2.24, 2.45) is 0 Å². The molecule has 0 amide bonds. The molecule has 0 aliphatic heterocycles. The molecule has 2 rings (SSSR count). The predicted molar refractivity (Wildman–Crippen MR) is 58.2 cm³/mol. The minimum atomic E-state index is -4.69. The largest absolute Gasteiger partial charge is 0.349 e. The van der Waals surface area contributed by atoms with Gasteiger partial charge in [-0.1, -0.05) is 13.8 Å². The number of imidazole rings is 2. The van der Waals surface area contributed by atoms with Crippen molar-refractivity contribution in [3.05, 3.63) is 36.4 Å². The Morgan fingerprint density at radius 1 is 1.00 bits per heavy atom. The second kappa shape index (κ2) is 9.48. The first-order chi connectivity index (χ1) is 8.86. The zero-order valence-electron chi connectivity index (χ0n) is 10.7. The number of aromatic amines is 2. The van der Waals surface area contributed by atoms with Crippen LogP contribution < -0.4 is 14.0 Å². The minimum Gasteiger partial charge on any atom is -0.349 e. The first kappa shape index (κ1) is 17.6. The lowest BCUT2D eigenvalue weighted by molar-refractivity contribution is -1.92. The Labute approximate surface area is 112 Å². The first-order valence-electron chi connectivity index (χ1n) is 5.46. The Balaban J connectivity index is 0.000000261. The van der Waals surface area contributed by atoms with Crippen LogP contribution in [0.2, 0.25) is 0 Å². The Morgan fingerprint density at radius 2 is 1.32 bits per heavy atom. The molecule has 0 aliphatic carbocycles. The second-order valence-electron chi connectivity index (χ2n) is 3.17. The summed E-state index contributed by atoms with van der Waals surface area (Å²) in [5.41, 5.74) is 0. The van der Waals surface area contributed by atoms with Gasteiger partial charge in [0, 0.05) is 37.6 Å². The molecule has 0 fully saturated rings. The predicted octanol–water partition coefficient (Wildman–Crippen LogP) is -2.18. The summed E-state index contributed by atoms with van der Waals surface area (Å²) in [6, 6.07) is 0. The number of rotatable bonds is 2. The highest BCUT2D eigenvalue weighted by atomic mass is 35.7. The molecule has 0 saturated carbocycles. The fraction of sp³-hybridized carbons (Fsp3) is 0.400. The average Bonchev–Trinajstić information content (AvgIpc) is 3.01. The Bertz CT molecular complexity index is 359. The summed E-state index contributed by atoms with van der Waals surface area (Å²) in [5.74, 6) is 2.11. The monoisotopic (exact) mass is 292 g/mol. The number of nitrogens with one attached hydrogen (secondary N) is 2.